The predicted octanol–water partition coefficient (Wildman–Crippen LogP) is 3.70. The second-order valence-corrected chi connectivity index (χ2v) is 9.23. The van der Waals surface area contributed by atoms with Gasteiger partial charge in [0.2, 0.25) is 15.9 Å². The number of rotatable bonds is 10. The molecule has 2 rings (SSSR count). The largest absolute Gasteiger partial charge is 0.492 e. The molecule has 0 bridgehead atoms. The summed E-state index contributed by atoms with van der Waals surface area (Å²) in [6.07, 6.45) is 1.78. The minimum Gasteiger partial charge on any atom is -0.492 e. The lowest BCUT2D eigenvalue weighted by Crippen LogP contribution is -2.33. The van der Waals surface area contributed by atoms with Crippen LogP contribution in [0.3, 0.4) is 0 Å². The van der Waals surface area contributed by atoms with E-state index < -0.39 is 10.0 Å². The fraction of sp³-hybridized carbons (Fsp3) is 0.381. The Morgan fingerprint density at radius 3 is 2.59 bits per heavy atom. The monoisotopic (exact) mass is 438 g/mol. The Kier molecular flexibility index (Phi) is 8.34. The van der Waals surface area contributed by atoms with Gasteiger partial charge < -0.3 is 10.1 Å². The van der Waals surface area contributed by atoms with Crippen molar-refractivity contribution in [2.24, 2.45) is 0 Å². The predicted molar refractivity (Wildman–Crippen MR) is 117 cm³/mol. The van der Waals surface area contributed by atoms with Gasteiger partial charge in [-0.15, -0.1) is 0 Å². The Morgan fingerprint density at radius 2 is 1.93 bits per heavy atom. The van der Waals surface area contributed by atoms with Crippen LogP contribution in [-0.2, 0) is 14.8 Å². The lowest BCUT2D eigenvalue weighted by atomic mass is 10.2. The fourth-order valence-corrected chi connectivity index (χ4v) is 4.15. The molecule has 8 heteroatoms. The molecule has 29 heavy (non-hydrogen) atoms. The first kappa shape index (κ1) is 23.0. The number of benzene rings is 2. The zero-order chi connectivity index (χ0) is 21.4. The van der Waals surface area contributed by atoms with E-state index in [1.165, 1.54) is 4.31 Å². The number of anilines is 1. The van der Waals surface area contributed by atoms with E-state index >= 15 is 0 Å². The van der Waals surface area contributed by atoms with Crippen LogP contribution in [0.25, 0.3) is 0 Å². The highest BCUT2D eigenvalue weighted by molar-refractivity contribution is 7.92. The summed E-state index contributed by atoms with van der Waals surface area (Å²) in [5.74, 6) is 0.625. The zero-order valence-corrected chi connectivity index (χ0v) is 18.5. The van der Waals surface area contributed by atoms with Gasteiger partial charge in [-0.05, 0) is 61.7 Å². The first-order valence-corrected chi connectivity index (χ1v) is 11.6. The average Bonchev–Trinajstić information content (AvgIpc) is 2.62. The molecule has 0 saturated heterocycles. The summed E-state index contributed by atoms with van der Waals surface area (Å²) in [4.78, 5) is 12.0. The molecule has 2 aromatic rings. The summed E-state index contributed by atoms with van der Waals surface area (Å²) in [7, 11) is -3.47. The number of sulfonamides is 1. The van der Waals surface area contributed by atoms with E-state index in [4.69, 9.17) is 16.3 Å². The number of aryl methyl sites for hydroxylation is 2. The van der Waals surface area contributed by atoms with Crippen molar-refractivity contribution in [3.8, 4) is 5.75 Å². The van der Waals surface area contributed by atoms with E-state index in [-0.39, 0.29) is 18.9 Å². The highest BCUT2D eigenvalue weighted by atomic mass is 35.5. The van der Waals surface area contributed by atoms with Crippen molar-refractivity contribution < 1.29 is 17.9 Å². The highest BCUT2D eigenvalue weighted by Gasteiger charge is 2.19. The molecule has 0 fully saturated rings. The van der Waals surface area contributed by atoms with Gasteiger partial charge in [0.25, 0.3) is 0 Å². The molecule has 1 amide bonds. The van der Waals surface area contributed by atoms with Crippen molar-refractivity contribution in [1.29, 1.82) is 0 Å². The molecule has 0 radical (unpaired) electrons. The van der Waals surface area contributed by atoms with Crippen LogP contribution in [0, 0.1) is 13.8 Å². The molecule has 0 unspecified atom stereocenters. The van der Waals surface area contributed by atoms with Crippen molar-refractivity contribution in [1.82, 2.24) is 5.32 Å². The molecule has 0 spiro atoms. The minimum atomic E-state index is -3.47. The third-order valence-electron chi connectivity index (χ3n) is 4.28. The van der Waals surface area contributed by atoms with E-state index in [9.17, 15) is 13.2 Å². The average molecular weight is 439 g/mol. The van der Waals surface area contributed by atoms with Gasteiger partial charge in [-0.1, -0.05) is 23.7 Å². The van der Waals surface area contributed by atoms with Crippen LogP contribution in [0.4, 0.5) is 5.69 Å². The summed E-state index contributed by atoms with van der Waals surface area (Å²) in [6, 6.07) is 12.8. The van der Waals surface area contributed by atoms with E-state index in [1.54, 1.807) is 25.1 Å². The van der Waals surface area contributed by atoms with E-state index in [1.807, 2.05) is 31.2 Å². The van der Waals surface area contributed by atoms with Gasteiger partial charge in [-0.25, -0.2) is 8.42 Å². The Bertz CT molecular complexity index is 947. The first-order valence-electron chi connectivity index (χ1n) is 9.37. The third-order valence-corrected chi connectivity index (χ3v) is 5.69. The lowest BCUT2D eigenvalue weighted by Gasteiger charge is -2.24. The molecule has 0 aliphatic heterocycles. The normalized spacial score (nSPS) is 11.2. The van der Waals surface area contributed by atoms with Gasteiger partial charge in [0, 0.05) is 18.0 Å². The second-order valence-electron chi connectivity index (χ2n) is 6.88. The van der Waals surface area contributed by atoms with Crippen molar-refractivity contribution in [2.75, 3.05) is 30.3 Å². The lowest BCUT2D eigenvalue weighted by molar-refractivity contribution is -0.121. The SMILES string of the molecule is Cc1cccc(OCCNC(=O)CCCN(c2ccc(Cl)cc2C)S(C)(=O)=O)c1. The Labute approximate surface area is 177 Å². The number of hydrogen-bond donors (Lipinski definition) is 1. The Morgan fingerprint density at radius 1 is 1.17 bits per heavy atom. The number of carbonyl (C=O) groups excluding carboxylic acids is 1. The maximum Gasteiger partial charge on any atom is 0.232 e. The topological polar surface area (TPSA) is 75.7 Å². The molecule has 6 nitrogen and oxygen atoms in total. The number of carbonyl (C=O) groups is 1. The number of nitrogens with zero attached hydrogens (tertiary/aromatic N) is 1. The molecule has 158 valence electrons. The van der Waals surface area contributed by atoms with Crippen molar-refractivity contribution >= 4 is 33.2 Å². The summed E-state index contributed by atoms with van der Waals surface area (Å²) in [6.45, 7) is 4.77. The Balaban J connectivity index is 1.79. The van der Waals surface area contributed by atoms with E-state index in [0.717, 1.165) is 23.1 Å². The standard InChI is InChI=1S/C21H27ClN2O4S/c1-16-6-4-7-19(14-16)28-13-11-23-21(25)8-5-12-24(29(3,26)27)20-10-9-18(22)15-17(20)2/h4,6-7,9-10,14-15H,5,8,11-13H2,1-3H3,(H,23,25). The smallest absolute Gasteiger partial charge is 0.232 e. The van der Waals surface area contributed by atoms with Gasteiger partial charge in [-0.3, -0.25) is 9.10 Å². The molecule has 0 atom stereocenters. The number of ether oxygens (including phenoxy) is 1. The van der Waals surface area contributed by atoms with Crippen LogP contribution >= 0.6 is 11.6 Å². The van der Waals surface area contributed by atoms with Crippen LogP contribution in [0.2, 0.25) is 5.02 Å². The van der Waals surface area contributed by atoms with E-state index in [2.05, 4.69) is 5.32 Å². The van der Waals surface area contributed by atoms with Gasteiger partial charge in [0.1, 0.15) is 12.4 Å². The van der Waals surface area contributed by atoms with Crippen LogP contribution in [-0.4, -0.2) is 40.3 Å². The van der Waals surface area contributed by atoms with Crippen molar-refractivity contribution in [3.05, 3.63) is 58.6 Å². The van der Waals surface area contributed by atoms with Gasteiger partial charge in [0.05, 0.1) is 18.5 Å². The second kappa shape index (κ2) is 10.5. The maximum absolute atomic E-state index is 12.2. The van der Waals surface area contributed by atoms with Crippen molar-refractivity contribution in [3.63, 3.8) is 0 Å². The molecule has 2 aromatic carbocycles. The molecule has 1 N–H and O–H groups in total. The molecule has 0 aliphatic rings. The molecule has 0 heterocycles. The number of halogens is 1. The highest BCUT2D eigenvalue weighted by Crippen LogP contribution is 2.25. The molecule has 0 saturated carbocycles. The van der Waals surface area contributed by atoms with Crippen LogP contribution in [0.15, 0.2) is 42.5 Å². The first-order chi connectivity index (χ1) is 13.7. The van der Waals surface area contributed by atoms with Crippen LogP contribution in [0.1, 0.15) is 24.0 Å². The quantitative estimate of drug-likeness (QED) is 0.574. The summed E-state index contributed by atoms with van der Waals surface area (Å²) in [5.41, 5.74) is 2.45. The van der Waals surface area contributed by atoms with Crippen molar-refractivity contribution in [2.45, 2.75) is 26.7 Å². The Hall–Kier alpha value is -2.25. The number of nitrogens with one attached hydrogen (secondary N) is 1. The summed E-state index contributed by atoms with van der Waals surface area (Å²) in [5, 5.41) is 3.34. The number of hydrogen-bond acceptors (Lipinski definition) is 4. The van der Waals surface area contributed by atoms with E-state index in [0.29, 0.717) is 30.3 Å². The molecular weight excluding hydrogens is 412 g/mol. The number of amides is 1. The van der Waals surface area contributed by atoms with Gasteiger partial charge >= 0.3 is 0 Å². The van der Waals surface area contributed by atoms with Gasteiger partial charge in [-0.2, -0.15) is 0 Å². The summed E-state index contributed by atoms with van der Waals surface area (Å²) >= 11 is 5.96. The minimum absolute atomic E-state index is 0.140. The molecule has 0 aliphatic carbocycles. The molecule has 0 aromatic heterocycles. The van der Waals surface area contributed by atoms with Crippen LogP contribution < -0.4 is 14.4 Å². The molecular formula is C21H27ClN2O4S. The fourth-order valence-electron chi connectivity index (χ4n) is 2.90. The summed E-state index contributed by atoms with van der Waals surface area (Å²) < 4.78 is 31.3. The van der Waals surface area contributed by atoms with Gasteiger partial charge in [0.15, 0.2) is 0 Å². The zero-order valence-electron chi connectivity index (χ0n) is 16.9. The third kappa shape index (κ3) is 7.59. The van der Waals surface area contributed by atoms with Crippen LogP contribution in [0.5, 0.6) is 5.75 Å². The maximum atomic E-state index is 12.2.